The number of nitrogens with one attached hydrogen (secondary N) is 1. The highest BCUT2D eigenvalue weighted by atomic mass is 16.7. The number of carbonyl (C=O) groups is 1. The molecular weight excluding hydrogens is 144 g/mol. The largest absolute Gasteiger partial charge is 0.350 e. The number of amides is 2. The molecule has 11 heavy (non-hydrogen) atoms. The minimum atomic E-state index is -0.655. The highest BCUT2D eigenvalue weighted by Gasteiger charge is 2.21. The molecule has 0 unspecified atom stereocenters. The Morgan fingerprint density at radius 3 is 2.27 bits per heavy atom. The van der Waals surface area contributed by atoms with Crippen molar-refractivity contribution < 1.29 is 9.63 Å². The molecule has 0 radical (unpaired) electrons. The van der Waals surface area contributed by atoms with E-state index in [9.17, 15) is 4.79 Å². The summed E-state index contributed by atoms with van der Waals surface area (Å²) in [5.41, 5.74) is 6.66. The number of hydrogen-bond acceptors (Lipinski definition) is 2. The minimum absolute atomic E-state index is 0.297. The molecule has 0 heterocycles. The van der Waals surface area contributed by atoms with Crippen LogP contribution in [0.2, 0.25) is 0 Å². The third-order valence-electron chi connectivity index (χ3n) is 1.89. The van der Waals surface area contributed by atoms with Crippen molar-refractivity contribution in [1.82, 2.24) is 5.48 Å². The topological polar surface area (TPSA) is 64.3 Å². The van der Waals surface area contributed by atoms with Crippen molar-refractivity contribution in [1.29, 1.82) is 0 Å². The van der Waals surface area contributed by atoms with Gasteiger partial charge in [0.15, 0.2) is 0 Å². The van der Waals surface area contributed by atoms with Crippen LogP contribution < -0.4 is 11.2 Å². The molecule has 0 saturated carbocycles. The van der Waals surface area contributed by atoms with Gasteiger partial charge in [-0.05, 0) is 19.8 Å². The van der Waals surface area contributed by atoms with Crippen LogP contribution in [0.25, 0.3) is 0 Å². The lowest BCUT2D eigenvalue weighted by Gasteiger charge is -2.25. The van der Waals surface area contributed by atoms with Crippen LogP contribution >= 0.6 is 0 Å². The number of hydroxylamine groups is 1. The highest BCUT2D eigenvalue weighted by molar-refractivity contribution is 5.70. The van der Waals surface area contributed by atoms with Gasteiger partial charge in [0.1, 0.15) is 0 Å². The van der Waals surface area contributed by atoms with Crippen LogP contribution in [0.5, 0.6) is 0 Å². The van der Waals surface area contributed by atoms with E-state index in [1.165, 1.54) is 0 Å². The van der Waals surface area contributed by atoms with E-state index in [1.54, 1.807) is 0 Å². The van der Waals surface area contributed by atoms with E-state index in [0.29, 0.717) is 0 Å². The Morgan fingerprint density at radius 2 is 2.00 bits per heavy atom. The maximum atomic E-state index is 10.3. The Hall–Kier alpha value is -0.770. The zero-order valence-corrected chi connectivity index (χ0v) is 7.31. The van der Waals surface area contributed by atoms with Crippen molar-refractivity contribution >= 4 is 6.03 Å². The van der Waals surface area contributed by atoms with Crippen molar-refractivity contribution in [3.05, 3.63) is 0 Å². The zero-order valence-electron chi connectivity index (χ0n) is 7.31. The van der Waals surface area contributed by atoms with Gasteiger partial charge in [-0.25, -0.2) is 10.3 Å². The molecule has 0 aromatic carbocycles. The Kier molecular flexibility index (Phi) is 3.89. The minimum Gasteiger partial charge on any atom is -0.350 e. The van der Waals surface area contributed by atoms with E-state index in [1.807, 2.05) is 20.8 Å². The molecule has 0 aliphatic heterocycles. The van der Waals surface area contributed by atoms with Gasteiger partial charge >= 0.3 is 6.03 Å². The Bertz CT molecular complexity index is 132. The molecule has 0 rings (SSSR count). The van der Waals surface area contributed by atoms with Gasteiger partial charge in [0.05, 0.1) is 5.60 Å². The molecule has 0 aliphatic rings. The van der Waals surface area contributed by atoms with E-state index in [0.717, 1.165) is 12.8 Å². The van der Waals surface area contributed by atoms with Gasteiger partial charge in [0.2, 0.25) is 0 Å². The molecule has 0 bridgehead atoms. The summed E-state index contributed by atoms with van der Waals surface area (Å²) in [7, 11) is 0. The molecule has 4 heteroatoms. The van der Waals surface area contributed by atoms with Gasteiger partial charge in [-0.2, -0.15) is 0 Å². The third-order valence-corrected chi connectivity index (χ3v) is 1.89. The van der Waals surface area contributed by atoms with Crippen LogP contribution in [-0.2, 0) is 4.84 Å². The number of primary amides is 1. The maximum Gasteiger partial charge on any atom is 0.336 e. The Balaban J connectivity index is 3.78. The van der Waals surface area contributed by atoms with Crippen molar-refractivity contribution in [3.8, 4) is 0 Å². The van der Waals surface area contributed by atoms with Gasteiger partial charge in [-0.1, -0.05) is 13.8 Å². The average Bonchev–Trinajstić information content (AvgIpc) is 2.00. The zero-order chi connectivity index (χ0) is 8.91. The lowest BCUT2D eigenvalue weighted by Crippen LogP contribution is -2.39. The fourth-order valence-electron chi connectivity index (χ4n) is 0.568. The predicted molar refractivity (Wildman–Crippen MR) is 42.8 cm³/mol. The molecule has 0 aromatic rings. The number of urea groups is 1. The monoisotopic (exact) mass is 160 g/mol. The van der Waals surface area contributed by atoms with E-state index >= 15 is 0 Å². The van der Waals surface area contributed by atoms with Crippen LogP contribution in [0.4, 0.5) is 4.79 Å². The van der Waals surface area contributed by atoms with E-state index in [2.05, 4.69) is 5.48 Å². The van der Waals surface area contributed by atoms with Gasteiger partial charge in [-0.3, -0.25) is 4.84 Å². The van der Waals surface area contributed by atoms with Crippen molar-refractivity contribution in [2.75, 3.05) is 0 Å². The lowest BCUT2D eigenvalue weighted by atomic mass is 10.0. The van der Waals surface area contributed by atoms with Crippen LogP contribution in [0.1, 0.15) is 33.6 Å². The Morgan fingerprint density at radius 1 is 1.55 bits per heavy atom. The summed E-state index contributed by atoms with van der Waals surface area (Å²) < 4.78 is 0. The summed E-state index contributed by atoms with van der Waals surface area (Å²) in [6, 6.07) is -0.655. The van der Waals surface area contributed by atoms with Gasteiger partial charge < -0.3 is 5.73 Å². The first kappa shape index (κ1) is 10.2. The fraction of sp³-hybridized carbons (Fsp3) is 0.857. The van der Waals surface area contributed by atoms with Crippen molar-refractivity contribution in [2.24, 2.45) is 5.73 Å². The second kappa shape index (κ2) is 4.18. The van der Waals surface area contributed by atoms with Crippen LogP contribution in [0.15, 0.2) is 0 Å². The van der Waals surface area contributed by atoms with Crippen LogP contribution in [-0.4, -0.2) is 11.6 Å². The number of nitrogens with two attached hydrogens (primary N) is 1. The number of hydrogen-bond donors (Lipinski definition) is 2. The summed E-state index contributed by atoms with van der Waals surface area (Å²) >= 11 is 0. The highest BCUT2D eigenvalue weighted by Crippen LogP contribution is 2.17. The van der Waals surface area contributed by atoms with E-state index < -0.39 is 6.03 Å². The molecule has 0 aromatic heterocycles. The summed E-state index contributed by atoms with van der Waals surface area (Å²) in [4.78, 5) is 15.3. The van der Waals surface area contributed by atoms with Crippen LogP contribution in [0.3, 0.4) is 0 Å². The Labute approximate surface area is 67.0 Å². The second-order valence-electron chi connectivity index (χ2n) is 2.73. The predicted octanol–water partition coefficient (Wildman–Crippen LogP) is 1.17. The second-order valence-corrected chi connectivity index (χ2v) is 2.73. The molecule has 0 spiro atoms. The maximum absolute atomic E-state index is 10.3. The quantitative estimate of drug-likeness (QED) is 0.606. The first-order valence-electron chi connectivity index (χ1n) is 3.77. The van der Waals surface area contributed by atoms with Crippen LogP contribution in [0, 0.1) is 0 Å². The lowest BCUT2D eigenvalue weighted by molar-refractivity contribution is -0.0802. The smallest absolute Gasteiger partial charge is 0.336 e. The summed E-state index contributed by atoms with van der Waals surface area (Å²) in [6.45, 7) is 5.90. The van der Waals surface area contributed by atoms with E-state index in [-0.39, 0.29) is 5.60 Å². The SMILES string of the molecule is CCC(C)(CC)ONC(N)=O. The molecule has 0 aliphatic carbocycles. The standard InChI is InChI=1S/C7H16N2O2/c1-4-7(3,5-2)11-9-6(8)10/h4-5H2,1-3H3,(H3,8,9,10). The molecule has 4 nitrogen and oxygen atoms in total. The van der Waals surface area contributed by atoms with Gasteiger partial charge in [0, 0.05) is 0 Å². The summed E-state index contributed by atoms with van der Waals surface area (Å²) in [5, 5.41) is 0. The molecule has 3 N–H and O–H groups in total. The molecule has 0 atom stereocenters. The van der Waals surface area contributed by atoms with Gasteiger partial charge in [-0.15, -0.1) is 0 Å². The third kappa shape index (κ3) is 3.83. The first-order chi connectivity index (χ1) is 5.04. The molecule has 2 amide bonds. The first-order valence-corrected chi connectivity index (χ1v) is 3.77. The summed E-state index contributed by atoms with van der Waals surface area (Å²) in [6.07, 6.45) is 1.67. The van der Waals surface area contributed by atoms with Crippen molar-refractivity contribution in [2.45, 2.75) is 39.2 Å². The normalized spacial score (nSPS) is 11.2. The van der Waals surface area contributed by atoms with Gasteiger partial charge in [0.25, 0.3) is 0 Å². The number of carbonyl (C=O) groups excluding carboxylic acids is 1. The molecule has 0 saturated heterocycles. The summed E-state index contributed by atoms with van der Waals surface area (Å²) in [5.74, 6) is 0. The number of rotatable bonds is 4. The molecule has 0 fully saturated rings. The molecular formula is C7H16N2O2. The fourth-order valence-corrected chi connectivity index (χ4v) is 0.568. The average molecular weight is 160 g/mol. The van der Waals surface area contributed by atoms with E-state index in [4.69, 9.17) is 10.6 Å². The van der Waals surface area contributed by atoms with Crippen molar-refractivity contribution in [3.63, 3.8) is 0 Å². The molecule has 66 valence electrons.